The van der Waals surface area contributed by atoms with Crippen molar-refractivity contribution in [2.24, 2.45) is 0 Å². The SMILES string of the molecule is CCCCCCCC(=O)CC(=O)c1ccccc1OCC. The Hall–Kier alpha value is -1.64. The average Bonchev–Trinajstić information content (AvgIpc) is 2.48. The van der Waals surface area contributed by atoms with Gasteiger partial charge in [0.1, 0.15) is 11.5 Å². The lowest BCUT2D eigenvalue weighted by Gasteiger charge is -2.08. The number of hydrogen-bond donors (Lipinski definition) is 0. The van der Waals surface area contributed by atoms with Crippen LogP contribution in [0.1, 0.15) is 69.2 Å². The van der Waals surface area contributed by atoms with E-state index in [0.29, 0.717) is 24.3 Å². The molecule has 0 bridgehead atoms. The molecule has 3 heteroatoms. The van der Waals surface area contributed by atoms with Crippen molar-refractivity contribution in [1.29, 1.82) is 0 Å². The van der Waals surface area contributed by atoms with E-state index >= 15 is 0 Å². The molecule has 0 atom stereocenters. The molecule has 0 heterocycles. The molecule has 0 amide bonds. The van der Waals surface area contributed by atoms with Gasteiger partial charge < -0.3 is 4.74 Å². The molecule has 3 nitrogen and oxygen atoms in total. The van der Waals surface area contributed by atoms with Gasteiger partial charge in [0.05, 0.1) is 18.6 Å². The van der Waals surface area contributed by atoms with E-state index < -0.39 is 0 Å². The van der Waals surface area contributed by atoms with Gasteiger partial charge in [-0.1, -0.05) is 44.7 Å². The Morgan fingerprint density at radius 2 is 1.71 bits per heavy atom. The molecule has 0 aliphatic heterocycles. The van der Waals surface area contributed by atoms with E-state index in [9.17, 15) is 9.59 Å². The highest BCUT2D eigenvalue weighted by Crippen LogP contribution is 2.20. The molecular weight excluding hydrogens is 264 g/mol. The molecule has 0 saturated carbocycles. The summed E-state index contributed by atoms with van der Waals surface area (Å²) in [6.07, 6.45) is 6.03. The summed E-state index contributed by atoms with van der Waals surface area (Å²) in [7, 11) is 0. The minimum Gasteiger partial charge on any atom is -0.493 e. The smallest absolute Gasteiger partial charge is 0.173 e. The maximum atomic E-state index is 12.2. The third-order valence-corrected chi connectivity index (χ3v) is 3.40. The van der Waals surface area contributed by atoms with Crippen LogP contribution in [-0.2, 0) is 4.79 Å². The Morgan fingerprint density at radius 1 is 1.00 bits per heavy atom. The largest absolute Gasteiger partial charge is 0.493 e. The zero-order valence-corrected chi connectivity index (χ0v) is 13.2. The third kappa shape index (κ3) is 6.56. The van der Waals surface area contributed by atoms with Crippen molar-refractivity contribution < 1.29 is 14.3 Å². The number of carbonyl (C=O) groups is 2. The highest BCUT2D eigenvalue weighted by atomic mass is 16.5. The van der Waals surface area contributed by atoms with E-state index in [-0.39, 0.29) is 18.0 Å². The molecule has 0 spiro atoms. The molecule has 0 aliphatic rings. The second kappa shape index (κ2) is 10.1. The first-order chi connectivity index (χ1) is 10.2. The summed E-state index contributed by atoms with van der Waals surface area (Å²) in [5, 5.41) is 0. The minimum atomic E-state index is -0.141. The Kier molecular flexibility index (Phi) is 8.41. The lowest BCUT2D eigenvalue weighted by atomic mass is 10.0. The average molecular weight is 290 g/mol. The quantitative estimate of drug-likeness (QED) is 0.340. The van der Waals surface area contributed by atoms with Crippen LogP contribution in [0, 0.1) is 0 Å². The summed E-state index contributed by atoms with van der Waals surface area (Å²) in [4.78, 5) is 24.1. The molecule has 0 aliphatic carbocycles. The van der Waals surface area contributed by atoms with Crippen LogP contribution >= 0.6 is 0 Å². The van der Waals surface area contributed by atoms with Crippen LogP contribution in [0.25, 0.3) is 0 Å². The Balaban J connectivity index is 2.44. The minimum absolute atomic E-state index is 0.0160. The van der Waals surface area contributed by atoms with Gasteiger partial charge in [0.2, 0.25) is 0 Å². The van der Waals surface area contributed by atoms with E-state index in [1.807, 2.05) is 13.0 Å². The summed E-state index contributed by atoms with van der Waals surface area (Å²) in [5.41, 5.74) is 0.513. The van der Waals surface area contributed by atoms with Crippen molar-refractivity contribution in [3.63, 3.8) is 0 Å². The fourth-order valence-electron chi connectivity index (χ4n) is 2.27. The summed E-state index contributed by atoms with van der Waals surface area (Å²) >= 11 is 0. The van der Waals surface area contributed by atoms with E-state index in [1.54, 1.807) is 18.2 Å². The maximum absolute atomic E-state index is 12.2. The maximum Gasteiger partial charge on any atom is 0.173 e. The van der Waals surface area contributed by atoms with Gasteiger partial charge >= 0.3 is 0 Å². The third-order valence-electron chi connectivity index (χ3n) is 3.40. The van der Waals surface area contributed by atoms with Crippen molar-refractivity contribution in [3.8, 4) is 5.75 Å². The predicted molar refractivity (Wildman–Crippen MR) is 84.9 cm³/mol. The number of carbonyl (C=O) groups excluding carboxylic acids is 2. The van der Waals surface area contributed by atoms with Crippen molar-refractivity contribution in [2.75, 3.05) is 6.61 Å². The number of unbranched alkanes of at least 4 members (excludes halogenated alkanes) is 4. The van der Waals surface area contributed by atoms with Gasteiger partial charge in [-0.3, -0.25) is 9.59 Å². The van der Waals surface area contributed by atoms with Crippen LogP contribution in [0.15, 0.2) is 24.3 Å². The monoisotopic (exact) mass is 290 g/mol. The molecule has 0 aromatic heterocycles. The molecule has 0 fully saturated rings. The highest BCUT2D eigenvalue weighted by Gasteiger charge is 2.15. The van der Waals surface area contributed by atoms with Crippen LogP contribution in [0.5, 0.6) is 5.75 Å². The summed E-state index contributed by atoms with van der Waals surface area (Å²) < 4.78 is 5.43. The standard InChI is InChI=1S/C18H26O3/c1-3-5-6-7-8-11-15(19)14-17(20)16-12-9-10-13-18(16)21-4-2/h9-10,12-13H,3-8,11,14H2,1-2H3. The summed E-state index contributed by atoms with van der Waals surface area (Å²) in [5.74, 6) is 0.459. The number of ether oxygens (including phenoxy) is 1. The van der Waals surface area contributed by atoms with Crippen LogP contribution in [0.4, 0.5) is 0 Å². The van der Waals surface area contributed by atoms with Gasteiger partial charge in [-0.2, -0.15) is 0 Å². The molecule has 21 heavy (non-hydrogen) atoms. The number of benzene rings is 1. The fraction of sp³-hybridized carbons (Fsp3) is 0.556. The Labute approximate surface area is 127 Å². The second-order valence-electron chi connectivity index (χ2n) is 5.23. The van der Waals surface area contributed by atoms with E-state index in [2.05, 4.69) is 6.92 Å². The van der Waals surface area contributed by atoms with Gasteiger partial charge in [0, 0.05) is 6.42 Å². The number of hydrogen-bond acceptors (Lipinski definition) is 3. The first-order valence-corrected chi connectivity index (χ1v) is 7.95. The number of para-hydroxylation sites is 1. The first kappa shape index (κ1) is 17.4. The topological polar surface area (TPSA) is 43.4 Å². The lowest BCUT2D eigenvalue weighted by molar-refractivity contribution is -0.118. The van der Waals surface area contributed by atoms with Gasteiger partial charge in [-0.15, -0.1) is 0 Å². The highest BCUT2D eigenvalue weighted by molar-refractivity contribution is 6.09. The number of rotatable bonds is 11. The van der Waals surface area contributed by atoms with Crippen LogP contribution in [0.2, 0.25) is 0 Å². The Morgan fingerprint density at radius 3 is 2.43 bits per heavy atom. The molecular formula is C18H26O3. The summed E-state index contributed by atoms with van der Waals surface area (Å²) in [6.45, 7) is 4.55. The van der Waals surface area contributed by atoms with Crippen LogP contribution in [0.3, 0.4) is 0 Å². The molecule has 1 aromatic carbocycles. The van der Waals surface area contributed by atoms with E-state index in [4.69, 9.17) is 4.74 Å². The fourth-order valence-corrected chi connectivity index (χ4v) is 2.27. The van der Waals surface area contributed by atoms with Crippen molar-refractivity contribution >= 4 is 11.6 Å². The molecule has 116 valence electrons. The van der Waals surface area contributed by atoms with Crippen LogP contribution in [-0.4, -0.2) is 18.2 Å². The van der Waals surface area contributed by atoms with E-state index in [0.717, 1.165) is 12.8 Å². The zero-order valence-electron chi connectivity index (χ0n) is 13.2. The molecule has 1 aromatic rings. The number of Topliss-reactive ketones (excluding diaryl/α,β-unsaturated/α-hetero) is 2. The van der Waals surface area contributed by atoms with Gasteiger partial charge in [-0.25, -0.2) is 0 Å². The van der Waals surface area contributed by atoms with Gasteiger partial charge in [0.25, 0.3) is 0 Å². The molecule has 1 rings (SSSR count). The first-order valence-electron chi connectivity index (χ1n) is 7.95. The van der Waals surface area contributed by atoms with Crippen molar-refractivity contribution in [1.82, 2.24) is 0 Å². The molecule has 0 saturated heterocycles. The van der Waals surface area contributed by atoms with Crippen LogP contribution < -0.4 is 4.74 Å². The molecule has 0 radical (unpaired) electrons. The van der Waals surface area contributed by atoms with Gasteiger partial charge in [-0.05, 0) is 25.5 Å². The molecule has 0 N–H and O–H groups in total. The van der Waals surface area contributed by atoms with E-state index in [1.165, 1.54) is 19.3 Å². The normalized spacial score (nSPS) is 10.4. The molecule has 0 unspecified atom stereocenters. The Bertz CT molecular complexity index is 452. The zero-order chi connectivity index (χ0) is 15.5. The lowest BCUT2D eigenvalue weighted by Crippen LogP contribution is -2.10. The summed E-state index contributed by atoms with van der Waals surface area (Å²) in [6, 6.07) is 7.12. The van der Waals surface area contributed by atoms with Crippen molar-refractivity contribution in [2.45, 2.75) is 58.8 Å². The number of ketones is 2. The predicted octanol–water partition coefficient (Wildman–Crippen LogP) is 4.59. The van der Waals surface area contributed by atoms with Crippen molar-refractivity contribution in [3.05, 3.63) is 29.8 Å². The second-order valence-corrected chi connectivity index (χ2v) is 5.23. The van der Waals surface area contributed by atoms with Gasteiger partial charge in [0.15, 0.2) is 5.78 Å².